The first-order valence-corrected chi connectivity index (χ1v) is 10.7. The molecule has 2 aromatic rings. The van der Waals surface area contributed by atoms with E-state index in [9.17, 15) is 18.0 Å². The average molecular weight is 404 g/mol. The Morgan fingerprint density at radius 3 is 2.25 bits per heavy atom. The van der Waals surface area contributed by atoms with Crippen molar-refractivity contribution in [2.75, 3.05) is 27.7 Å². The van der Waals surface area contributed by atoms with E-state index in [1.807, 2.05) is 19.1 Å². The number of anilines is 3. The molecular formula is C20H25N3O4S. The van der Waals surface area contributed by atoms with Crippen LogP contribution in [0.2, 0.25) is 0 Å². The summed E-state index contributed by atoms with van der Waals surface area (Å²) >= 11 is 0. The Balaban J connectivity index is 1.96. The minimum atomic E-state index is -3.45. The Labute approximate surface area is 165 Å². The summed E-state index contributed by atoms with van der Waals surface area (Å²) in [5, 5.41) is 5.41. The molecule has 0 unspecified atom stereocenters. The lowest BCUT2D eigenvalue weighted by Crippen LogP contribution is -2.32. The third-order valence-electron chi connectivity index (χ3n) is 4.02. The zero-order valence-electron chi connectivity index (χ0n) is 16.2. The number of hydrogen-bond acceptors (Lipinski definition) is 4. The van der Waals surface area contributed by atoms with Crippen LogP contribution in [-0.4, -0.2) is 33.0 Å². The summed E-state index contributed by atoms with van der Waals surface area (Å²) in [5.41, 5.74) is 2.63. The van der Waals surface area contributed by atoms with Crippen molar-refractivity contribution in [3.8, 4) is 0 Å². The standard InChI is InChI=1S/C20H25N3O4S/c1-15-8-4-5-11-19(15)23(28(3,26)27)13-7-12-20(25)22-18-10-6-9-17(14-18)21-16(2)24/h4-6,8-11,14H,7,12-13H2,1-3H3,(H,21,24)(H,22,25). The van der Waals surface area contributed by atoms with Crippen LogP contribution >= 0.6 is 0 Å². The normalized spacial score (nSPS) is 11.0. The van der Waals surface area contributed by atoms with Gasteiger partial charge < -0.3 is 10.6 Å². The molecule has 0 bridgehead atoms. The van der Waals surface area contributed by atoms with Gasteiger partial charge in [0.25, 0.3) is 0 Å². The number of sulfonamides is 1. The molecule has 0 saturated heterocycles. The van der Waals surface area contributed by atoms with Crippen LogP contribution in [0.1, 0.15) is 25.3 Å². The van der Waals surface area contributed by atoms with E-state index in [4.69, 9.17) is 0 Å². The Hall–Kier alpha value is -2.87. The van der Waals surface area contributed by atoms with Gasteiger partial charge in [0.05, 0.1) is 11.9 Å². The fourth-order valence-corrected chi connectivity index (χ4v) is 3.82. The summed E-state index contributed by atoms with van der Waals surface area (Å²) in [6, 6.07) is 14.1. The highest BCUT2D eigenvalue weighted by Gasteiger charge is 2.19. The molecule has 2 rings (SSSR count). The molecule has 0 aliphatic rings. The molecule has 0 spiro atoms. The smallest absolute Gasteiger partial charge is 0.232 e. The molecule has 0 radical (unpaired) electrons. The third-order valence-corrected chi connectivity index (χ3v) is 5.20. The van der Waals surface area contributed by atoms with E-state index in [0.29, 0.717) is 23.5 Å². The van der Waals surface area contributed by atoms with Gasteiger partial charge in [0, 0.05) is 31.3 Å². The van der Waals surface area contributed by atoms with Crippen molar-refractivity contribution < 1.29 is 18.0 Å². The summed E-state index contributed by atoms with van der Waals surface area (Å²) < 4.78 is 25.7. The molecule has 0 atom stereocenters. The van der Waals surface area contributed by atoms with Gasteiger partial charge in [-0.2, -0.15) is 0 Å². The predicted molar refractivity (Wildman–Crippen MR) is 112 cm³/mol. The number of rotatable bonds is 8. The Morgan fingerprint density at radius 1 is 1.00 bits per heavy atom. The van der Waals surface area contributed by atoms with Crippen molar-refractivity contribution in [1.29, 1.82) is 0 Å². The van der Waals surface area contributed by atoms with E-state index in [0.717, 1.165) is 11.8 Å². The molecule has 2 aromatic carbocycles. The second kappa shape index (κ2) is 9.36. The van der Waals surface area contributed by atoms with Crippen LogP contribution < -0.4 is 14.9 Å². The maximum absolute atomic E-state index is 12.2. The maximum atomic E-state index is 12.2. The van der Waals surface area contributed by atoms with Crippen molar-refractivity contribution in [2.45, 2.75) is 26.7 Å². The third kappa shape index (κ3) is 6.38. The van der Waals surface area contributed by atoms with Crippen molar-refractivity contribution in [3.05, 3.63) is 54.1 Å². The molecule has 0 saturated carbocycles. The number of hydrogen-bond donors (Lipinski definition) is 2. The van der Waals surface area contributed by atoms with Crippen molar-refractivity contribution >= 4 is 38.9 Å². The van der Waals surface area contributed by atoms with E-state index in [1.165, 1.54) is 11.2 Å². The van der Waals surface area contributed by atoms with Gasteiger partial charge in [-0.15, -0.1) is 0 Å². The number of nitrogens with zero attached hydrogens (tertiary/aromatic N) is 1. The highest BCUT2D eigenvalue weighted by Crippen LogP contribution is 2.22. The van der Waals surface area contributed by atoms with Gasteiger partial charge in [0.2, 0.25) is 21.8 Å². The van der Waals surface area contributed by atoms with Crippen LogP contribution in [0.3, 0.4) is 0 Å². The highest BCUT2D eigenvalue weighted by atomic mass is 32.2. The Kier molecular flexibility index (Phi) is 7.17. The molecule has 7 nitrogen and oxygen atoms in total. The predicted octanol–water partition coefficient (Wildman–Crippen LogP) is 3.14. The van der Waals surface area contributed by atoms with Gasteiger partial charge in [-0.25, -0.2) is 8.42 Å². The fraction of sp³-hybridized carbons (Fsp3) is 0.300. The summed E-state index contributed by atoms with van der Waals surface area (Å²) in [7, 11) is -3.45. The molecule has 0 heterocycles. The number of nitrogens with one attached hydrogen (secondary N) is 2. The summed E-state index contributed by atoms with van der Waals surface area (Å²) in [6.45, 7) is 3.47. The molecule has 0 aromatic heterocycles. The molecule has 8 heteroatoms. The zero-order valence-corrected chi connectivity index (χ0v) is 17.0. The van der Waals surface area contributed by atoms with Crippen LogP contribution in [0.5, 0.6) is 0 Å². The van der Waals surface area contributed by atoms with E-state index in [1.54, 1.807) is 36.4 Å². The van der Waals surface area contributed by atoms with E-state index < -0.39 is 10.0 Å². The fourth-order valence-electron chi connectivity index (χ4n) is 2.79. The lowest BCUT2D eigenvalue weighted by atomic mass is 10.2. The molecule has 2 amide bonds. The first kappa shape index (κ1) is 21.4. The van der Waals surface area contributed by atoms with Crippen molar-refractivity contribution in [1.82, 2.24) is 0 Å². The summed E-state index contributed by atoms with van der Waals surface area (Å²) in [5.74, 6) is -0.418. The van der Waals surface area contributed by atoms with Crippen LogP contribution in [0, 0.1) is 6.92 Å². The highest BCUT2D eigenvalue weighted by molar-refractivity contribution is 7.92. The van der Waals surface area contributed by atoms with Gasteiger partial charge in [-0.1, -0.05) is 24.3 Å². The molecule has 28 heavy (non-hydrogen) atoms. The lowest BCUT2D eigenvalue weighted by Gasteiger charge is -2.24. The summed E-state index contributed by atoms with van der Waals surface area (Å²) in [4.78, 5) is 23.3. The number of para-hydroxylation sites is 1. The molecule has 0 aliphatic carbocycles. The molecule has 2 N–H and O–H groups in total. The second-order valence-corrected chi connectivity index (χ2v) is 8.44. The second-order valence-electron chi connectivity index (χ2n) is 6.54. The lowest BCUT2D eigenvalue weighted by molar-refractivity contribution is -0.116. The quantitative estimate of drug-likeness (QED) is 0.708. The van der Waals surface area contributed by atoms with Crippen LogP contribution in [0.25, 0.3) is 0 Å². The van der Waals surface area contributed by atoms with Crippen molar-refractivity contribution in [2.24, 2.45) is 0 Å². The molecular weight excluding hydrogens is 378 g/mol. The largest absolute Gasteiger partial charge is 0.326 e. The van der Waals surface area contributed by atoms with Gasteiger partial charge in [-0.3, -0.25) is 13.9 Å². The average Bonchev–Trinajstić information content (AvgIpc) is 2.58. The van der Waals surface area contributed by atoms with E-state index in [2.05, 4.69) is 10.6 Å². The number of carbonyl (C=O) groups is 2. The van der Waals surface area contributed by atoms with E-state index in [-0.39, 0.29) is 24.8 Å². The number of benzene rings is 2. The number of aryl methyl sites for hydroxylation is 1. The van der Waals surface area contributed by atoms with Gasteiger partial charge in [-0.05, 0) is 43.2 Å². The van der Waals surface area contributed by atoms with Crippen LogP contribution in [-0.2, 0) is 19.6 Å². The first-order chi connectivity index (χ1) is 13.2. The molecule has 0 aliphatic heterocycles. The first-order valence-electron chi connectivity index (χ1n) is 8.87. The van der Waals surface area contributed by atoms with Crippen molar-refractivity contribution in [3.63, 3.8) is 0 Å². The maximum Gasteiger partial charge on any atom is 0.232 e. The number of carbonyl (C=O) groups excluding carboxylic acids is 2. The Bertz CT molecular complexity index is 957. The topological polar surface area (TPSA) is 95.6 Å². The van der Waals surface area contributed by atoms with Crippen LogP contribution in [0.15, 0.2) is 48.5 Å². The zero-order chi connectivity index (χ0) is 20.7. The summed E-state index contributed by atoms with van der Waals surface area (Å²) in [6.07, 6.45) is 1.70. The number of amides is 2. The van der Waals surface area contributed by atoms with Gasteiger partial charge >= 0.3 is 0 Å². The minimum Gasteiger partial charge on any atom is -0.326 e. The van der Waals surface area contributed by atoms with Gasteiger partial charge in [0.1, 0.15) is 0 Å². The molecule has 150 valence electrons. The monoisotopic (exact) mass is 403 g/mol. The molecule has 0 fully saturated rings. The SMILES string of the molecule is CC(=O)Nc1cccc(NC(=O)CCCN(c2ccccc2C)S(C)(=O)=O)c1. The Morgan fingerprint density at radius 2 is 1.64 bits per heavy atom. The van der Waals surface area contributed by atoms with Gasteiger partial charge in [0.15, 0.2) is 0 Å². The minimum absolute atomic E-state index is 0.169. The van der Waals surface area contributed by atoms with E-state index >= 15 is 0 Å². The van der Waals surface area contributed by atoms with Crippen LogP contribution in [0.4, 0.5) is 17.1 Å².